The van der Waals surface area contributed by atoms with Crippen LogP contribution >= 0.6 is 0 Å². The molecule has 0 radical (unpaired) electrons. The standard InChI is InChI=1S/C18H15F3N2O/c1-10-5-3-4-6-13(10)17-11(2)16(23-24-17)14-8-7-12(22)9-15(14)18(19,20)21/h3-9H,22H2,1-2H3. The Balaban J connectivity index is 2.19. The normalized spacial score (nSPS) is 11.7. The highest BCUT2D eigenvalue weighted by atomic mass is 19.4. The average Bonchev–Trinajstić information content (AvgIpc) is 2.88. The number of benzene rings is 2. The number of hydrogen-bond donors (Lipinski definition) is 1. The van der Waals surface area contributed by atoms with Gasteiger partial charge in [0.2, 0.25) is 0 Å². The van der Waals surface area contributed by atoms with Gasteiger partial charge in [0.15, 0.2) is 5.76 Å². The van der Waals surface area contributed by atoms with Crippen molar-refractivity contribution in [2.24, 2.45) is 0 Å². The lowest BCUT2D eigenvalue weighted by Gasteiger charge is -2.12. The van der Waals surface area contributed by atoms with Crippen LogP contribution in [0.25, 0.3) is 22.6 Å². The van der Waals surface area contributed by atoms with Crippen LogP contribution in [0.1, 0.15) is 16.7 Å². The van der Waals surface area contributed by atoms with Crippen molar-refractivity contribution in [1.82, 2.24) is 5.16 Å². The third-order valence-corrected chi connectivity index (χ3v) is 3.92. The molecule has 3 aromatic rings. The second-order valence-corrected chi connectivity index (χ2v) is 5.60. The molecule has 2 N–H and O–H groups in total. The molecule has 0 aliphatic carbocycles. The van der Waals surface area contributed by atoms with Crippen molar-refractivity contribution in [3.63, 3.8) is 0 Å². The average molecular weight is 332 g/mol. The van der Waals surface area contributed by atoms with E-state index in [2.05, 4.69) is 5.16 Å². The summed E-state index contributed by atoms with van der Waals surface area (Å²) in [4.78, 5) is 0. The molecule has 0 fully saturated rings. The van der Waals surface area contributed by atoms with E-state index in [-0.39, 0.29) is 16.9 Å². The Morgan fingerprint density at radius 1 is 1.00 bits per heavy atom. The molecule has 0 aliphatic heterocycles. The smallest absolute Gasteiger partial charge is 0.399 e. The zero-order chi connectivity index (χ0) is 17.5. The van der Waals surface area contributed by atoms with Crippen LogP contribution in [0.15, 0.2) is 47.0 Å². The Bertz CT molecular complexity index is 898. The van der Waals surface area contributed by atoms with Crippen LogP contribution < -0.4 is 5.73 Å². The fraction of sp³-hybridized carbons (Fsp3) is 0.167. The largest absolute Gasteiger partial charge is 0.417 e. The summed E-state index contributed by atoms with van der Waals surface area (Å²) in [5.74, 6) is 0.466. The fourth-order valence-electron chi connectivity index (χ4n) is 2.67. The quantitative estimate of drug-likeness (QED) is 0.654. The van der Waals surface area contributed by atoms with E-state index in [1.807, 2.05) is 31.2 Å². The van der Waals surface area contributed by atoms with Crippen molar-refractivity contribution in [2.45, 2.75) is 20.0 Å². The van der Waals surface area contributed by atoms with E-state index in [1.54, 1.807) is 6.92 Å². The molecule has 0 saturated carbocycles. The van der Waals surface area contributed by atoms with Gasteiger partial charge in [0.05, 0.1) is 5.56 Å². The second-order valence-electron chi connectivity index (χ2n) is 5.60. The Labute approximate surface area is 136 Å². The van der Waals surface area contributed by atoms with Crippen LogP contribution in [-0.4, -0.2) is 5.16 Å². The van der Waals surface area contributed by atoms with Gasteiger partial charge in [-0.2, -0.15) is 13.2 Å². The van der Waals surface area contributed by atoms with Gasteiger partial charge < -0.3 is 10.3 Å². The maximum atomic E-state index is 13.3. The summed E-state index contributed by atoms with van der Waals surface area (Å²) in [6.45, 7) is 3.60. The predicted octanol–water partition coefficient (Wildman–Crippen LogP) is 5.23. The lowest BCUT2D eigenvalue weighted by molar-refractivity contribution is -0.137. The van der Waals surface area contributed by atoms with Gasteiger partial charge in [-0.25, -0.2) is 0 Å². The van der Waals surface area contributed by atoms with E-state index in [0.29, 0.717) is 11.3 Å². The highest BCUT2D eigenvalue weighted by molar-refractivity contribution is 5.76. The number of nitrogen functional groups attached to an aromatic ring is 1. The number of aryl methyl sites for hydroxylation is 1. The molecular formula is C18H15F3N2O. The van der Waals surface area contributed by atoms with E-state index in [0.717, 1.165) is 17.2 Å². The van der Waals surface area contributed by atoms with Crippen molar-refractivity contribution < 1.29 is 17.7 Å². The van der Waals surface area contributed by atoms with Crippen molar-refractivity contribution in [1.29, 1.82) is 0 Å². The molecule has 3 nitrogen and oxygen atoms in total. The Morgan fingerprint density at radius 2 is 1.71 bits per heavy atom. The number of rotatable bonds is 2. The number of aromatic nitrogens is 1. The summed E-state index contributed by atoms with van der Waals surface area (Å²) in [6, 6.07) is 11.1. The molecule has 124 valence electrons. The summed E-state index contributed by atoms with van der Waals surface area (Å²) in [5.41, 5.74) is 7.17. The number of nitrogens with two attached hydrogens (primary N) is 1. The summed E-state index contributed by atoms with van der Waals surface area (Å²) in [5, 5.41) is 3.89. The zero-order valence-corrected chi connectivity index (χ0v) is 13.1. The van der Waals surface area contributed by atoms with Crippen LogP contribution in [0, 0.1) is 13.8 Å². The third-order valence-electron chi connectivity index (χ3n) is 3.92. The fourth-order valence-corrected chi connectivity index (χ4v) is 2.67. The highest BCUT2D eigenvalue weighted by Crippen LogP contribution is 2.41. The van der Waals surface area contributed by atoms with Crippen LogP contribution in [0.3, 0.4) is 0 Å². The molecule has 0 atom stereocenters. The monoisotopic (exact) mass is 332 g/mol. The van der Waals surface area contributed by atoms with Crippen LogP contribution in [0.4, 0.5) is 18.9 Å². The number of anilines is 1. The first-order chi connectivity index (χ1) is 11.3. The topological polar surface area (TPSA) is 52.0 Å². The Hall–Kier alpha value is -2.76. The maximum Gasteiger partial charge on any atom is 0.417 e. The van der Waals surface area contributed by atoms with E-state index >= 15 is 0 Å². The number of nitrogens with zero attached hydrogens (tertiary/aromatic N) is 1. The molecule has 24 heavy (non-hydrogen) atoms. The van der Waals surface area contributed by atoms with Gasteiger partial charge in [-0.05, 0) is 31.5 Å². The number of halogens is 3. The second kappa shape index (κ2) is 5.70. The van der Waals surface area contributed by atoms with Crippen LogP contribution in [0.5, 0.6) is 0 Å². The molecule has 1 aromatic heterocycles. The van der Waals surface area contributed by atoms with E-state index < -0.39 is 11.7 Å². The molecule has 0 amide bonds. The molecule has 0 saturated heterocycles. The summed E-state index contributed by atoms with van der Waals surface area (Å²) < 4.78 is 45.3. The third kappa shape index (κ3) is 2.75. The minimum Gasteiger partial charge on any atom is -0.399 e. The van der Waals surface area contributed by atoms with Gasteiger partial charge in [0.25, 0.3) is 0 Å². The molecule has 2 aromatic carbocycles. The first kappa shape index (κ1) is 16.1. The predicted molar refractivity (Wildman–Crippen MR) is 86.3 cm³/mol. The molecule has 6 heteroatoms. The van der Waals surface area contributed by atoms with Gasteiger partial charge in [-0.15, -0.1) is 0 Å². The van der Waals surface area contributed by atoms with Gasteiger partial charge in [-0.1, -0.05) is 35.5 Å². The molecule has 0 spiro atoms. The van der Waals surface area contributed by atoms with Gasteiger partial charge in [0.1, 0.15) is 5.69 Å². The Morgan fingerprint density at radius 3 is 2.38 bits per heavy atom. The number of hydrogen-bond acceptors (Lipinski definition) is 3. The van der Waals surface area contributed by atoms with Gasteiger partial charge in [-0.3, -0.25) is 0 Å². The Kier molecular flexibility index (Phi) is 3.83. The molecule has 0 aliphatic rings. The minimum absolute atomic E-state index is 0.0437. The zero-order valence-electron chi connectivity index (χ0n) is 13.1. The minimum atomic E-state index is -4.53. The van der Waals surface area contributed by atoms with Crippen molar-refractivity contribution in [3.8, 4) is 22.6 Å². The van der Waals surface area contributed by atoms with Crippen molar-refractivity contribution >= 4 is 5.69 Å². The molecule has 0 bridgehead atoms. The van der Waals surface area contributed by atoms with E-state index in [1.165, 1.54) is 12.1 Å². The molecular weight excluding hydrogens is 317 g/mol. The summed E-state index contributed by atoms with van der Waals surface area (Å²) in [7, 11) is 0. The molecule has 1 heterocycles. The van der Waals surface area contributed by atoms with E-state index in [9.17, 15) is 13.2 Å². The summed E-state index contributed by atoms with van der Waals surface area (Å²) in [6.07, 6.45) is -4.53. The summed E-state index contributed by atoms with van der Waals surface area (Å²) >= 11 is 0. The molecule has 0 unspecified atom stereocenters. The van der Waals surface area contributed by atoms with Gasteiger partial charge >= 0.3 is 6.18 Å². The lowest BCUT2D eigenvalue weighted by atomic mass is 9.97. The van der Waals surface area contributed by atoms with Crippen LogP contribution in [-0.2, 0) is 6.18 Å². The highest BCUT2D eigenvalue weighted by Gasteiger charge is 2.35. The molecule has 3 rings (SSSR count). The van der Waals surface area contributed by atoms with Gasteiger partial charge in [0, 0.05) is 22.4 Å². The lowest BCUT2D eigenvalue weighted by Crippen LogP contribution is -2.08. The first-order valence-electron chi connectivity index (χ1n) is 7.28. The number of alkyl halides is 3. The van der Waals surface area contributed by atoms with E-state index in [4.69, 9.17) is 10.3 Å². The van der Waals surface area contributed by atoms with Crippen molar-refractivity contribution in [2.75, 3.05) is 5.73 Å². The van der Waals surface area contributed by atoms with Crippen molar-refractivity contribution in [3.05, 3.63) is 59.2 Å². The maximum absolute atomic E-state index is 13.3. The van der Waals surface area contributed by atoms with Crippen LogP contribution in [0.2, 0.25) is 0 Å². The SMILES string of the molecule is Cc1ccccc1-c1onc(-c2ccc(N)cc2C(F)(F)F)c1C. The first-order valence-corrected chi connectivity index (χ1v) is 7.28.